The van der Waals surface area contributed by atoms with Gasteiger partial charge in [-0.2, -0.15) is 0 Å². The molecule has 0 saturated heterocycles. The first kappa shape index (κ1) is 29.4. The van der Waals surface area contributed by atoms with Gasteiger partial charge in [0.2, 0.25) is 0 Å². The van der Waals surface area contributed by atoms with Crippen molar-refractivity contribution in [1.82, 2.24) is 0 Å². The van der Waals surface area contributed by atoms with Crippen molar-refractivity contribution >= 4 is 0 Å². The van der Waals surface area contributed by atoms with E-state index in [4.69, 9.17) is 0 Å². The molecule has 0 nitrogen and oxygen atoms in total. The van der Waals surface area contributed by atoms with Gasteiger partial charge in [0.05, 0.1) is 0 Å². The fraction of sp³-hybridized carbons (Fsp3) is 0.613. The molecule has 0 radical (unpaired) electrons. The van der Waals surface area contributed by atoms with E-state index in [1.165, 1.54) is 48.0 Å². The average molecular weight is 425 g/mol. The minimum Gasteiger partial charge on any atom is -0.102 e. The van der Waals surface area contributed by atoms with Crippen LogP contribution in [0.4, 0.5) is 0 Å². The molecule has 0 aromatic heterocycles. The first-order valence-corrected chi connectivity index (χ1v) is 12.4. The van der Waals surface area contributed by atoms with Crippen molar-refractivity contribution in [3.8, 4) is 0 Å². The van der Waals surface area contributed by atoms with Gasteiger partial charge in [0.1, 0.15) is 0 Å². The zero-order valence-electron chi connectivity index (χ0n) is 22.2. The molecule has 0 aromatic rings. The summed E-state index contributed by atoms with van der Waals surface area (Å²) in [6.07, 6.45) is 23.4. The van der Waals surface area contributed by atoms with Gasteiger partial charge in [0.15, 0.2) is 0 Å². The largest absolute Gasteiger partial charge is 0.102 e. The highest BCUT2D eigenvalue weighted by Crippen LogP contribution is 2.28. The lowest BCUT2D eigenvalue weighted by Crippen LogP contribution is -2.09. The molecule has 0 amide bonds. The first-order valence-electron chi connectivity index (χ1n) is 12.4. The van der Waals surface area contributed by atoms with Crippen molar-refractivity contribution in [2.24, 2.45) is 17.3 Å². The van der Waals surface area contributed by atoms with E-state index < -0.39 is 0 Å². The van der Waals surface area contributed by atoms with Crippen LogP contribution in [0.1, 0.15) is 107 Å². The van der Waals surface area contributed by atoms with Crippen LogP contribution < -0.4 is 0 Å². The molecule has 31 heavy (non-hydrogen) atoms. The second-order valence-electron chi connectivity index (χ2n) is 10.4. The van der Waals surface area contributed by atoms with E-state index in [0.29, 0.717) is 11.8 Å². The van der Waals surface area contributed by atoms with Crippen LogP contribution in [0.2, 0.25) is 0 Å². The first-order chi connectivity index (χ1) is 14.5. The average Bonchev–Trinajstić information content (AvgIpc) is 2.70. The Balaban J connectivity index is 4.46. The molecular formula is C31H52. The van der Waals surface area contributed by atoms with E-state index >= 15 is 0 Å². The predicted octanol–water partition coefficient (Wildman–Crippen LogP) is 10.6. The van der Waals surface area contributed by atoms with E-state index in [1.54, 1.807) is 0 Å². The van der Waals surface area contributed by atoms with Crippen molar-refractivity contribution in [3.63, 3.8) is 0 Å². The van der Waals surface area contributed by atoms with Gasteiger partial charge in [-0.25, -0.2) is 0 Å². The molecule has 0 fully saturated rings. The minimum atomic E-state index is 0.0788. The van der Waals surface area contributed by atoms with Crippen LogP contribution in [-0.4, -0.2) is 0 Å². The SMILES string of the molecule is C=C[C@@](C)(/C=C/[C@@H](C)CC/C=C(\C)CC[C@@H](C)C(=C)C)CC/C=C(\C)CCC=C(C)C. The van der Waals surface area contributed by atoms with Crippen molar-refractivity contribution < 1.29 is 0 Å². The quantitative estimate of drug-likeness (QED) is 0.216. The number of allylic oxidation sites excluding steroid dienone is 10. The van der Waals surface area contributed by atoms with Gasteiger partial charge in [0, 0.05) is 5.41 Å². The third kappa shape index (κ3) is 15.8. The summed E-state index contributed by atoms with van der Waals surface area (Å²) >= 11 is 0. The molecule has 0 saturated carbocycles. The van der Waals surface area contributed by atoms with Gasteiger partial charge in [-0.15, -0.1) is 6.58 Å². The summed E-state index contributed by atoms with van der Waals surface area (Å²) < 4.78 is 0. The zero-order valence-corrected chi connectivity index (χ0v) is 22.2. The fourth-order valence-electron chi connectivity index (χ4n) is 3.44. The summed E-state index contributed by atoms with van der Waals surface area (Å²) in [5.74, 6) is 1.22. The molecule has 0 unspecified atom stereocenters. The second kappa shape index (κ2) is 16.1. The Morgan fingerprint density at radius 2 is 1.45 bits per heavy atom. The molecule has 0 heteroatoms. The van der Waals surface area contributed by atoms with Crippen LogP contribution in [0, 0.1) is 17.3 Å². The molecule has 176 valence electrons. The zero-order chi connectivity index (χ0) is 23.9. The number of rotatable bonds is 16. The van der Waals surface area contributed by atoms with Crippen molar-refractivity contribution in [2.75, 3.05) is 0 Å². The van der Waals surface area contributed by atoms with E-state index in [-0.39, 0.29) is 5.41 Å². The molecule has 0 spiro atoms. The third-order valence-electron chi connectivity index (χ3n) is 6.47. The minimum absolute atomic E-state index is 0.0788. The summed E-state index contributed by atoms with van der Waals surface area (Å²) in [6, 6.07) is 0. The van der Waals surface area contributed by atoms with E-state index in [2.05, 4.69) is 105 Å². The van der Waals surface area contributed by atoms with E-state index in [0.717, 1.165) is 25.7 Å². The highest BCUT2D eigenvalue weighted by atomic mass is 14.2. The standard InChI is InChI=1S/C31H52/c1-11-31(10,23-14-19-27(6)16-12-15-25(2)3)24-22-29(8)18-13-17-28(7)20-21-30(9)26(4)5/h11,15,17,19,22,24,29-30H,1,4,12-14,16,18,20-21,23H2,2-3,5-10H3/b24-22+,27-19+,28-17+/t29-,30+,31+/m0/s1. The van der Waals surface area contributed by atoms with Crippen LogP contribution >= 0.6 is 0 Å². The van der Waals surface area contributed by atoms with Crippen molar-refractivity contribution in [3.05, 3.63) is 71.9 Å². The summed E-state index contributed by atoms with van der Waals surface area (Å²) in [5.41, 5.74) is 5.81. The van der Waals surface area contributed by atoms with Crippen molar-refractivity contribution in [2.45, 2.75) is 107 Å². The molecule has 0 bridgehead atoms. The normalized spacial score (nSPS) is 16.6. The predicted molar refractivity (Wildman–Crippen MR) is 144 cm³/mol. The Hall–Kier alpha value is -1.56. The summed E-state index contributed by atoms with van der Waals surface area (Å²) in [7, 11) is 0. The highest BCUT2D eigenvalue weighted by molar-refractivity contribution is 5.10. The Labute approximate surface area is 196 Å². The van der Waals surface area contributed by atoms with Gasteiger partial charge < -0.3 is 0 Å². The lowest BCUT2D eigenvalue weighted by atomic mass is 9.83. The smallest absolute Gasteiger partial charge is 0.00330 e. The Morgan fingerprint density at radius 1 is 0.839 bits per heavy atom. The molecule has 0 aliphatic rings. The maximum Gasteiger partial charge on any atom is 0.00330 e. The lowest BCUT2D eigenvalue weighted by molar-refractivity contribution is 0.499. The molecular weight excluding hydrogens is 372 g/mol. The molecule has 0 heterocycles. The number of hydrogen-bond donors (Lipinski definition) is 0. The topological polar surface area (TPSA) is 0 Å². The maximum absolute atomic E-state index is 4.11. The van der Waals surface area contributed by atoms with Crippen LogP contribution in [0.25, 0.3) is 0 Å². The Kier molecular flexibility index (Phi) is 15.3. The van der Waals surface area contributed by atoms with Crippen LogP contribution in [0.5, 0.6) is 0 Å². The molecule has 0 aromatic carbocycles. The Bertz CT molecular complexity index is 648. The number of hydrogen-bond acceptors (Lipinski definition) is 0. The van der Waals surface area contributed by atoms with Gasteiger partial charge in [-0.05, 0) is 97.8 Å². The third-order valence-corrected chi connectivity index (χ3v) is 6.47. The van der Waals surface area contributed by atoms with E-state index in [9.17, 15) is 0 Å². The van der Waals surface area contributed by atoms with Gasteiger partial charge in [0.25, 0.3) is 0 Å². The molecule has 0 N–H and O–H groups in total. The van der Waals surface area contributed by atoms with Gasteiger partial charge in [-0.1, -0.05) is 86.1 Å². The molecule has 0 aliphatic carbocycles. The summed E-state index contributed by atoms with van der Waals surface area (Å²) in [6.45, 7) is 26.1. The van der Waals surface area contributed by atoms with E-state index in [1.807, 2.05) is 0 Å². The monoisotopic (exact) mass is 424 g/mol. The summed E-state index contributed by atoms with van der Waals surface area (Å²) in [4.78, 5) is 0. The molecule has 0 aliphatic heterocycles. The lowest BCUT2D eigenvalue weighted by Gasteiger charge is -2.21. The van der Waals surface area contributed by atoms with Crippen molar-refractivity contribution in [1.29, 1.82) is 0 Å². The maximum atomic E-state index is 4.11. The second-order valence-corrected chi connectivity index (χ2v) is 10.4. The highest BCUT2D eigenvalue weighted by Gasteiger charge is 2.15. The fourth-order valence-corrected chi connectivity index (χ4v) is 3.44. The molecule has 3 atom stereocenters. The Morgan fingerprint density at radius 3 is 2.03 bits per heavy atom. The van der Waals surface area contributed by atoms with Gasteiger partial charge >= 0.3 is 0 Å². The molecule has 0 rings (SSSR count). The van der Waals surface area contributed by atoms with Crippen LogP contribution in [0.15, 0.2) is 71.9 Å². The van der Waals surface area contributed by atoms with Crippen LogP contribution in [0.3, 0.4) is 0 Å². The van der Waals surface area contributed by atoms with Crippen LogP contribution in [-0.2, 0) is 0 Å². The summed E-state index contributed by atoms with van der Waals surface area (Å²) in [5, 5.41) is 0. The van der Waals surface area contributed by atoms with Gasteiger partial charge in [-0.3, -0.25) is 0 Å².